The van der Waals surface area contributed by atoms with Crippen molar-refractivity contribution in [3.8, 4) is 11.1 Å². The van der Waals surface area contributed by atoms with Crippen LogP contribution in [0.1, 0.15) is 59.1 Å². The summed E-state index contributed by atoms with van der Waals surface area (Å²) in [5.41, 5.74) is 17.2. The van der Waals surface area contributed by atoms with Crippen LogP contribution in [0.4, 0.5) is 11.4 Å². The minimum Gasteiger partial charge on any atom is -0.456 e. The normalized spacial score (nSPS) is 18.7. The molecule has 7 aromatic carbocycles. The molecule has 0 spiro atoms. The van der Waals surface area contributed by atoms with Crippen LogP contribution in [0.2, 0.25) is 0 Å². The van der Waals surface area contributed by atoms with Gasteiger partial charge in [-0.05, 0) is 101 Å². The van der Waals surface area contributed by atoms with Gasteiger partial charge in [-0.25, -0.2) is 0 Å². The van der Waals surface area contributed by atoms with E-state index >= 15 is 0 Å². The highest BCUT2D eigenvalue weighted by Crippen LogP contribution is 2.61. The van der Waals surface area contributed by atoms with E-state index in [4.69, 9.17) is 4.42 Å². The number of hydrogen-bond acceptors (Lipinski definition) is 2. The zero-order chi connectivity index (χ0) is 36.3. The summed E-state index contributed by atoms with van der Waals surface area (Å²) in [5, 5.41) is 2.28. The molecule has 0 amide bonds. The standard InChI is InChI=1S/C53H41NO/c1-4-19-37(20-5-1)50-40-25-11-10-18-36(40)34-35-47(50)54(46-31-17-33-49-52(46)42-27-13-15-32-48(42)55-49)45-30-16-29-44-51(45)41-26-12-14-28-43(41)53(44,38-21-6-2-7-22-38)39-23-8-3-9-24-39/h1-2,4-8,10-23,25-33,39H,3,9,24,34-35H2. The minimum absolute atomic E-state index is 0.323. The molecule has 0 aliphatic heterocycles. The topological polar surface area (TPSA) is 16.4 Å². The van der Waals surface area contributed by atoms with Crippen LogP contribution in [-0.2, 0) is 11.8 Å². The fourth-order valence-electron chi connectivity index (χ4n) is 10.4. The van der Waals surface area contributed by atoms with E-state index in [0.717, 1.165) is 53.3 Å². The van der Waals surface area contributed by atoms with E-state index < -0.39 is 0 Å². The molecule has 3 aliphatic rings. The molecule has 0 bridgehead atoms. The van der Waals surface area contributed by atoms with E-state index in [-0.39, 0.29) is 5.41 Å². The number of benzene rings is 7. The van der Waals surface area contributed by atoms with Crippen molar-refractivity contribution in [2.45, 2.75) is 37.5 Å². The lowest BCUT2D eigenvalue weighted by Gasteiger charge is -2.41. The van der Waals surface area contributed by atoms with Gasteiger partial charge in [0.1, 0.15) is 11.2 Å². The number of allylic oxidation sites excluding steroid dienone is 3. The van der Waals surface area contributed by atoms with Crippen LogP contribution in [0.3, 0.4) is 0 Å². The SMILES string of the molecule is C1=CC(C2(c3ccccc3)c3ccccc3-c3c(N(C4=C(c5ccccc5)c5ccccc5CC4)c4cccc5oc6ccccc6c45)cccc32)CCC1. The smallest absolute Gasteiger partial charge is 0.137 e. The van der Waals surface area contributed by atoms with Gasteiger partial charge in [0.05, 0.1) is 22.2 Å². The summed E-state index contributed by atoms with van der Waals surface area (Å²) in [7, 11) is 0. The third kappa shape index (κ3) is 4.80. The Morgan fingerprint density at radius 2 is 1.25 bits per heavy atom. The van der Waals surface area contributed by atoms with Crippen molar-refractivity contribution < 1.29 is 4.42 Å². The molecule has 0 saturated heterocycles. The number of anilines is 2. The van der Waals surface area contributed by atoms with E-state index in [1.807, 2.05) is 0 Å². The predicted molar refractivity (Wildman–Crippen MR) is 228 cm³/mol. The molecule has 3 aliphatic carbocycles. The lowest BCUT2D eigenvalue weighted by atomic mass is 9.62. The predicted octanol–water partition coefficient (Wildman–Crippen LogP) is 13.8. The monoisotopic (exact) mass is 707 g/mol. The van der Waals surface area contributed by atoms with Gasteiger partial charge in [0.2, 0.25) is 0 Å². The lowest BCUT2D eigenvalue weighted by Crippen LogP contribution is -2.36. The maximum Gasteiger partial charge on any atom is 0.137 e. The molecule has 2 unspecified atom stereocenters. The van der Waals surface area contributed by atoms with Crippen LogP contribution in [-0.4, -0.2) is 0 Å². The summed E-state index contributed by atoms with van der Waals surface area (Å²) in [5.74, 6) is 0.330. The van der Waals surface area contributed by atoms with Gasteiger partial charge in [0.25, 0.3) is 0 Å². The number of aryl methyl sites for hydroxylation is 1. The summed E-state index contributed by atoms with van der Waals surface area (Å²) in [4.78, 5) is 2.63. The van der Waals surface area contributed by atoms with E-state index in [9.17, 15) is 0 Å². The van der Waals surface area contributed by atoms with Gasteiger partial charge < -0.3 is 9.32 Å². The average Bonchev–Trinajstić information content (AvgIpc) is 3.79. The maximum atomic E-state index is 6.60. The fourth-order valence-corrected chi connectivity index (χ4v) is 10.4. The van der Waals surface area contributed by atoms with Gasteiger partial charge in [0.15, 0.2) is 0 Å². The number of fused-ring (bicyclic) bond motifs is 7. The first-order chi connectivity index (χ1) is 27.3. The number of hydrogen-bond donors (Lipinski definition) is 0. The first kappa shape index (κ1) is 32.1. The van der Waals surface area contributed by atoms with Crippen LogP contribution in [0, 0.1) is 5.92 Å². The third-order valence-electron chi connectivity index (χ3n) is 12.5. The van der Waals surface area contributed by atoms with Gasteiger partial charge in [-0.3, -0.25) is 0 Å². The highest BCUT2D eigenvalue weighted by molar-refractivity contribution is 6.14. The lowest BCUT2D eigenvalue weighted by molar-refractivity contribution is 0.405. The zero-order valence-electron chi connectivity index (χ0n) is 30.8. The van der Waals surface area contributed by atoms with Crippen molar-refractivity contribution in [3.63, 3.8) is 0 Å². The number of furan rings is 1. The van der Waals surface area contributed by atoms with E-state index in [2.05, 4.69) is 187 Å². The second-order valence-electron chi connectivity index (χ2n) is 15.3. The molecule has 264 valence electrons. The summed E-state index contributed by atoms with van der Waals surface area (Å²) >= 11 is 0. The third-order valence-corrected chi connectivity index (χ3v) is 12.5. The highest BCUT2D eigenvalue weighted by Gasteiger charge is 2.50. The summed E-state index contributed by atoms with van der Waals surface area (Å²) in [6.07, 6.45) is 10.3. The Kier molecular flexibility index (Phi) is 7.52. The Bertz CT molecular complexity index is 2810. The first-order valence-corrected chi connectivity index (χ1v) is 19.8. The fraction of sp³-hybridized carbons (Fsp3) is 0.132. The van der Waals surface area contributed by atoms with Gasteiger partial charge in [-0.1, -0.05) is 158 Å². The van der Waals surface area contributed by atoms with Crippen molar-refractivity contribution in [1.29, 1.82) is 0 Å². The van der Waals surface area contributed by atoms with E-state index in [1.165, 1.54) is 67.9 Å². The van der Waals surface area contributed by atoms with Crippen molar-refractivity contribution in [2.24, 2.45) is 5.92 Å². The molecular weight excluding hydrogens is 667 g/mol. The maximum absolute atomic E-state index is 6.60. The molecule has 0 fully saturated rings. The van der Waals surface area contributed by atoms with E-state index in [0.29, 0.717) is 5.92 Å². The van der Waals surface area contributed by atoms with Crippen LogP contribution in [0.15, 0.2) is 192 Å². The molecule has 1 heterocycles. The van der Waals surface area contributed by atoms with E-state index in [1.54, 1.807) is 0 Å². The van der Waals surface area contributed by atoms with Gasteiger partial charge in [0, 0.05) is 22.2 Å². The van der Waals surface area contributed by atoms with Gasteiger partial charge in [-0.15, -0.1) is 0 Å². The molecule has 2 nitrogen and oxygen atoms in total. The Labute approximate surface area is 322 Å². The largest absolute Gasteiger partial charge is 0.456 e. The second kappa shape index (κ2) is 12.9. The summed E-state index contributed by atoms with van der Waals surface area (Å²) < 4.78 is 6.60. The molecule has 2 atom stereocenters. The average molecular weight is 708 g/mol. The summed E-state index contributed by atoms with van der Waals surface area (Å²) in [6.45, 7) is 0. The highest BCUT2D eigenvalue weighted by atomic mass is 16.3. The van der Waals surface area contributed by atoms with Crippen LogP contribution in [0.25, 0.3) is 38.6 Å². The van der Waals surface area contributed by atoms with Crippen LogP contribution < -0.4 is 4.90 Å². The molecule has 2 heteroatoms. The summed E-state index contributed by atoms with van der Waals surface area (Å²) in [6, 6.07) is 62.9. The molecule has 8 aromatic rings. The van der Waals surface area contributed by atoms with Crippen LogP contribution in [0.5, 0.6) is 0 Å². The quantitative estimate of drug-likeness (QED) is 0.160. The van der Waals surface area contributed by atoms with Gasteiger partial charge >= 0.3 is 0 Å². The van der Waals surface area contributed by atoms with Crippen molar-refractivity contribution in [1.82, 2.24) is 0 Å². The minimum atomic E-state index is -0.323. The van der Waals surface area contributed by atoms with Gasteiger partial charge in [-0.2, -0.15) is 0 Å². The first-order valence-electron chi connectivity index (χ1n) is 19.8. The van der Waals surface area contributed by atoms with Crippen LogP contribution >= 0.6 is 0 Å². The Morgan fingerprint density at radius 1 is 0.564 bits per heavy atom. The zero-order valence-corrected chi connectivity index (χ0v) is 30.8. The molecule has 1 aromatic heterocycles. The van der Waals surface area contributed by atoms with Crippen molar-refractivity contribution in [2.75, 3.05) is 4.90 Å². The van der Waals surface area contributed by atoms with Crippen molar-refractivity contribution in [3.05, 3.63) is 221 Å². The molecule has 11 rings (SSSR count). The molecule has 0 radical (unpaired) electrons. The molecule has 0 saturated carbocycles. The second-order valence-corrected chi connectivity index (χ2v) is 15.3. The Hall–Kier alpha value is -6.38. The molecule has 0 N–H and O–H groups in total. The Morgan fingerprint density at radius 3 is 2.11 bits per heavy atom. The Balaban J connectivity index is 1.29. The number of nitrogens with zero attached hydrogens (tertiary/aromatic N) is 1. The molecule has 55 heavy (non-hydrogen) atoms. The molecular formula is C53H41NO. The number of rotatable bonds is 6. The van der Waals surface area contributed by atoms with Crippen molar-refractivity contribution >= 4 is 38.9 Å². The number of para-hydroxylation sites is 1.